The van der Waals surface area contributed by atoms with Crippen LogP contribution < -0.4 is 4.90 Å². The molecule has 8 nitrogen and oxygen atoms in total. The number of benzene rings is 1. The lowest BCUT2D eigenvalue weighted by atomic mass is 10.1. The van der Waals surface area contributed by atoms with Crippen LogP contribution in [0.1, 0.15) is 5.56 Å². The molecule has 0 spiro atoms. The minimum Gasteiger partial charge on any atom is -0.383 e. The highest BCUT2D eigenvalue weighted by atomic mass is 19.1. The Hall–Kier alpha value is -3.50. The zero-order valence-corrected chi connectivity index (χ0v) is 19.0. The van der Waals surface area contributed by atoms with Crippen LogP contribution in [-0.4, -0.2) is 69.0 Å². The number of hydrogen-bond acceptors (Lipinski definition) is 7. The third-order valence-electron chi connectivity index (χ3n) is 6.03. The van der Waals surface area contributed by atoms with Crippen LogP contribution in [0.2, 0.25) is 0 Å². The Morgan fingerprint density at radius 2 is 1.97 bits per heavy atom. The number of hydrogen-bond donors (Lipinski definition) is 0. The van der Waals surface area contributed by atoms with Crippen molar-refractivity contribution in [2.24, 2.45) is 7.05 Å². The molecule has 10 heteroatoms. The van der Waals surface area contributed by atoms with Crippen molar-refractivity contribution in [1.82, 2.24) is 29.6 Å². The first-order valence-electron chi connectivity index (χ1n) is 11.0. The maximum atomic E-state index is 14.3. The number of pyridine rings is 1. The zero-order chi connectivity index (χ0) is 23.7. The first-order chi connectivity index (χ1) is 16.5. The molecule has 176 valence electrons. The van der Waals surface area contributed by atoms with E-state index in [9.17, 15) is 8.78 Å². The average Bonchev–Trinajstić information content (AvgIpc) is 3.27. The van der Waals surface area contributed by atoms with E-state index in [1.807, 2.05) is 19.3 Å². The van der Waals surface area contributed by atoms with Crippen molar-refractivity contribution in [3.8, 4) is 11.3 Å². The van der Waals surface area contributed by atoms with Crippen LogP contribution in [0.15, 0.2) is 49.1 Å². The third kappa shape index (κ3) is 4.46. The Balaban J connectivity index is 1.48. The molecule has 4 aromatic rings. The lowest BCUT2D eigenvalue weighted by Gasteiger charge is -2.42. The van der Waals surface area contributed by atoms with Crippen molar-refractivity contribution in [1.29, 1.82) is 0 Å². The third-order valence-corrected chi connectivity index (χ3v) is 6.03. The molecule has 3 aromatic heterocycles. The minimum atomic E-state index is -0.573. The van der Waals surface area contributed by atoms with Crippen molar-refractivity contribution < 1.29 is 13.5 Å². The number of piperazine rings is 1. The van der Waals surface area contributed by atoms with Crippen molar-refractivity contribution in [3.63, 3.8) is 0 Å². The molecule has 34 heavy (non-hydrogen) atoms. The molecule has 0 unspecified atom stereocenters. The summed E-state index contributed by atoms with van der Waals surface area (Å²) in [5.74, 6) is -0.351. The predicted octanol–water partition coefficient (Wildman–Crippen LogP) is 3.04. The molecule has 1 aliphatic rings. The average molecular weight is 466 g/mol. The molecule has 1 aromatic carbocycles. The van der Waals surface area contributed by atoms with Crippen molar-refractivity contribution in [2.45, 2.75) is 12.6 Å². The first kappa shape index (κ1) is 22.3. The number of methoxy groups -OCH3 is 1. The summed E-state index contributed by atoms with van der Waals surface area (Å²) in [4.78, 5) is 18.4. The molecule has 0 aliphatic carbocycles. The van der Waals surface area contributed by atoms with Gasteiger partial charge in [0.2, 0.25) is 0 Å². The second-order valence-electron chi connectivity index (χ2n) is 8.44. The minimum absolute atomic E-state index is 0.0359. The molecule has 0 bridgehead atoms. The number of ether oxygens (including phenoxy) is 1. The molecule has 1 aliphatic heterocycles. The number of aryl methyl sites for hydroxylation is 1. The maximum absolute atomic E-state index is 14.3. The van der Waals surface area contributed by atoms with E-state index in [0.717, 1.165) is 28.7 Å². The molecule has 0 radical (unpaired) electrons. The van der Waals surface area contributed by atoms with Gasteiger partial charge < -0.3 is 9.64 Å². The van der Waals surface area contributed by atoms with Crippen LogP contribution in [0.3, 0.4) is 0 Å². The van der Waals surface area contributed by atoms with Gasteiger partial charge in [-0.25, -0.2) is 18.7 Å². The Morgan fingerprint density at radius 1 is 1.09 bits per heavy atom. The Kier molecular flexibility index (Phi) is 6.16. The van der Waals surface area contributed by atoms with E-state index in [4.69, 9.17) is 14.7 Å². The zero-order valence-electron chi connectivity index (χ0n) is 19.0. The number of halogens is 2. The highest BCUT2D eigenvalue weighted by Gasteiger charge is 2.31. The number of aromatic nitrogens is 5. The summed E-state index contributed by atoms with van der Waals surface area (Å²) >= 11 is 0. The number of rotatable bonds is 6. The van der Waals surface area contributed by atoms with Gasteiger partial charge in [-0.1, -0.05) is 6.07 Å². The van der Waals surface area contributed by atoms with Gasteiger partial charge in [0, 0.05) is 69.9 Å². The van der Waals surface area contributed by atoms with Crippen LogP contribution >= 0.6 is 0 Å². The fourth-order valence-corrected chi connectivity index (χ4v) is 4.40. The van der Waals surface area contributed by atoms with E-state index in [1.54, 1.807) is 30.4 Å². The summed E-state index contributed by atoms with van der Waals surface area (Å²) in [6.07, 6.45) is 7.09. The topological polar surface area (TPSA) is 72.2 Å². The fourth-order valence-electron chi connectivity index (χ4n) is 4.40. The SMILES string of the molecule is COC[C@@H]1CN(Cc2ccc(F)cc2F)CCN1c1nc2ccncc2nc1-c1cnn(C)c1. The molecule has 1 fully saturated rings. The second-order valence-corrected chi connectivity index (χ2v) is 8.44. The van der Waals surface area contributed by atoms with E-state index < -0.39 is 11.6 Å². The van der Waals surface area contributed by atoms with Crippen molar-refractivity contribution in [3.05, 3.63) is 66.3 Å². The summed E-state index contributed by atoms with van der Waals surface area (Å²) in [5, 5.41) is 4.31. The molecule has 1 saturated heterocycles. The van der Waals surface area contributed by atoms with Gasteiger partial charge in [0.25, 0.3) is 0 Å². The Morgan fingerprint density at radius 3 is 2.74 bits per heavy atom. The normalized spacial score (nSPS) is 16.9. The Labute approximate surface area is 195 Å². The van der Waals surface area contributed by atoms with Crippen LogP contribution in [-0.2, 0) is 18.3 Å². The summed E-state index contributed by atoms with van der Waals surface area (Å²) in [5.41, 5.74) is 3.53. The molecule has 5 rings (SSSR count). The summed E-state index contributed by atoms with van der Waals surface area (Å²) in [6.45, 7) is 2.82. The smallest absolute Gasteiger partial charge is 0.156 e. The van der Waals surface area contributed by atoms with E-state index >= 15 is 0 Å². The van der Waals surface area contributed by atoms with Crippen molar-refractivity contribution >= 4 is 16.9 Å². The molecular formula is C24H25F2N7O. The number of fused-ring (bicyclic) bond motifs is 1. The van der Waals surface area contributed by atoms with Gasteiger partial charge in [0.1, 0.15) is 22.8 Å². The van der Waals surface area contributed by atoms with Gasteiger partial charge in [-0.05, 0) is 12.1 Å². The second kappa shape index (κ2) is 9.40. The standard InChI is InChI=1S/C24H25F2N7O/c1-31-12-17(10-28-31)23-24(30-21-5-6-27-11-22(21)29-23)33-8-7-32(14-19(33)15-34-2)13-16-3-4-18(25)9-20(16)26/h3-6,9-12,19H,7-8,13-15H2,1-2H3/t19-/m0/s1. The lowest BCUT2D eigenvalue weighted by molar-refractivity contribution is 0.128. The monoisotopic (exact) mass is 465 g/mol. The number of nitrogens with zero attached hydrogens (tertiary/aromatic N) is 7. The van der Waals surface area contributed by atoms with E-state index in [0.29, 0.717) is 43.9 Å². The molecule has 0 saturated carbocycles. The van der Waals surface area contributed by atoms with Crippen LogP contribution in [0, 0.1) is 11.6 Å². The van der Waals surface area contributed by atoms with Crippen LogP contribution in [0.5, 0.6) is 0 Å². The quantitative estimate of drug-likeness (QED) is 0.433. The van der Waals surface area contributed by atoms with Gasteiger partial charge in [0.05, 0.1) is 30.6 Å². The predicted molar refractivity (Wildman–Crippen MR) is 124 cm³/mol. The van der Waals surface area contributed by atoms with Gasteiger partial charge in [-0.2, -0.15) is 5.10 Å². The van der Waals surface area contributed by atoms with E-state index in [-0.39, 0.29) is 6.04 Å². The van der Waals surface area contributed by atoms with Gasteiger partial charge in [-0.15, -0.1) is 0 Å². The van der Waals surface area contributed by atoms with Crippen molar-refractivity contribution in [2.75, 3.05) is 38.3 Å². The lowest BCUT2D eigenvalue weighted by Crippen LogP contribution is -2.55. The van der Waals surface area contributed by atoms with E-state index in [1.165, 1.54) is 12.1 Å². The first-order valence-corrected chi connectivity index (χ1v) is 11.0. The summed E-state index contributed by atoms with van der Waals surface area (Å²) in [6, 6.07) is 5.54. The molecule has 0 amide bonds. The highest BCUT2D eigenvalue weighted by Crippen LogP contribution is 2.32. The van der Waals surface area contributed by atoms with Gasteiger partial charge in [0.15, 0.2) is 5.82 Å². The fraction of sp³-hybridized carbons (Fsp3) is 0.333. The van der Waals surface area contributed by atoms with Crippen LogP contribution in [0.4, 0.5) is 14.6 Å². The molecule has 0 N–H and O–H groups in total. The van der Waals surface area contributed by atoms with Crippen LogP contribution in [0.25, 0.3) is 22.3 Å². The highest BCUT2D eigenvalue weighted by molar-refractivity contribution is 5.82. The molecular weight excluding hydrogens is 440 g/mol. The van der Waals surface area contributed by atoms with E-state index in [2.05, 4.69) is 19.9 Å². The number of anilines is 1. The molecule has 4 heterocycles. The summed E-state index contributed by atoms with van der Waals surface area (Å²) in [7, 11) is 3.52. The van der Waals surface area contributed by atoms with Gasteiger partial charge in [-0.3, -0.25) is 14.6 Å². The largest absolute Gasteiger partial charge is 0.383 e. The summed E-state index contributed by atoms with van der Waals surface area (Å²) < 4.78 is 34.8. The molecule has 1 atom stereocenters. The Bertz CT molecular complexity index is 1310. The van der Waals surface area contributed by atoms with Gasteiger partial charge >= 0.3 is 0 Å². The maximum Gasteiger partial charge on any atom is 0.156 e.